The number of esters is 2. The molecule has 4 aromatic rings. The van der Waals surface area contributed by atoms with Crippen molar-refractivity contribution >= 4 is 22.7 Å². The van der Waals surface area contributed by atoms with Crippen LogP contribution in [0.3, 0.4) is 0 Å². The van der Waals surface area contributed by atoms with Gasteiger partial charge in [-0.25, -0.2) is 9.59 Å². The second kappa shape index (κ2) is 9.01. The SMILES string of the molecule is C=C(C)C(=O)Oc1ccc(-c2ccc(-c3cccc4c(OC(=O)C(=C)C)cccc34)o2)cc1. The third-order valence-electron chi connectivity index (χ3n) is 5.00. The summed E-state index contributed by atoms with van der Waals surface area (Å²) in [6.45, 7) is 10.4. The zero-order chi connectivity index (χ0) is 23.5. The maximum atomic E-state index is 12.0. The summed E-state index contributed by atoms with van der Waals surface area (Å²) in [6.07, 6.45) is 0. The summed E-state index contributed by atoms with van der Waals surface area (Å²) in [7, 11) is 0. The van der Waals surface area contributed by atoms with Gasteiger partial charge in [0, 0.05) is 27.7 Å². The van der Waals surface area contributed by atoms with E-state index in [4.69, 9.17) is 13.9 Å². The molecule has 0 fully saturated rings. The fourth-order valence-electron chi connectivity index (χ4n) is 3.29. The molecule has 0 saturated heterocycles. The quantitative estimate of drug-likeness (QED) is 0.190. The Balaban J connectivity index is 1.64. The van der Waals surface area contributed by atoms with Crippen LogP contribution in [0.15, 0.2) is 102 Å². The molecule has 33 heavy (non-hydrogen) atoms. The number of carbonyl (C=O) groups excluding carboxylic acids is 2. The zero-order valence-electron chi connectivity index (χ0n) is 18.4. The molecule has 0 bridgehead atoms. The Labute approximate surface area is 191 Å². The van der Waals surface area contributed by atoms with Crippen molar-refractivity contribution in [2.45, 2.75) is 13.8 Å². The molecule has 0 spiro atoms. The van der Waals surface area contributed by atoms with E-state index in [2.05, 4.69) is 13.2 Å². The smallest absolute Gasteiger partial charge is 0.338 e. The lowest BCUT2D eigenvalue weighted by atomic mass is 10.0. The molecule has 3 aromatic carbocycles. The highest BCUT2D eigenvalue weighted by molar-refractivity contribution is 6.01. The normalized spacial score (nSPS) is 10.6. The van der Waals surface area contributed by atoms with Crippen molar-refractivity contribution in [2.24, 2.45) is 0 Å². The molecular formula is C28H22O5. The highest BCUT2D eigenvalue weighted by Gasteiger charge is 2.14. The van der Waals surface area contributed by atoms with E-state index in [1.54, 1.807) is 32.0 Å². The van der Waals surface area contributed by atoms with Gasteiger partial charge in [0.1, 0.15) is 23.0 Å². The van der Waals surface area contributed by atoms with Gasteiger partial charge in [0.25, 0.3) is 0 Å². The van der Waals surface area contributed by atoms with Gasteiger partial charge in [-0.1, -0.05) is 43.5 Å². The Morgan fingerprint density at radius 1 is 0.697 bits per heavy atom. The lowest BCUT2D eigenvalue weighted by Gasteiger charge is -2.10. The number of benzene rings is 3. The van der Waals surface area contributed by atoms with Crippen molar-refractivity contribution in [1.29, 1.82) is 0 Å². The van der Waals surface area contributed by atoms with Gasteiger partial charge in [0.2, 0.25) is 0 Å². The molecule has 0 aliphatic carbocycles. The zero-order valence-corrected chi connectivity index (χ0v) is 18.4. The monoisotopic (exact) mass is 438 g/mol. The van der Waals surface area contributed by atoms with Crippen LogP contribution in [0, 0.1) is 0 Å². The first kappa shape index (κ1) is 21.8. The fourth-order valence-corrected chi connectivity index (χ4v) is 3.29. The van der Waals surface area contributed by atoms with Crippen molar-refractivity contribution in [3.63, 3.8) is 0 Å². The van der Waals surface area contributed by atoms with Crippen LogP contribution in [0.5, 0.6) is 11.5 Å². The van der Waals surface area contributed by atoms with Gasteiger partial charge >= 0.3 is 11.9 Å². The van der Waals surface area contributed by atoms with Crippen molar-refractivity contribution in [1.82, 2.24) is 0 Å². The Hall–Kier alpha value is -4.38. The molecule has 5 heteroatoms. The number of furan rings is 1. The molecular weight excluding hydrogens is 416 g/mol. The van der Waals surface area contributed by atoms with Crippen LogP contribution in [0.1, 0.15) is 13.8 Å². The minimum atomic E-state index is -0.467. The van der Waals surface area contributed by atoms with Crippen LogP contribution in [0.2, 0.25) is 0 Å². The van der Waals surface area contributed by atoms with Gasteiger partial charge < -0.3 is 13.9 Å². The highest BCUT2D eigenvalue weighted by atomic mass is 16.5. The first-order chi connectivity index (χ1) is 15.8. The minimum Gasteiger partial charge on any atom is -0.456 e. The van der Waals surface area contributed by atoms with Crippen LogP contribution < -0.4 is 9.47 Å². The molecule has 0 atom stereocenters. The minimum absolute atomic E-state index is 0.333. The summed E-state index contributed by atoms with van der Waals surface area (Å²) in [5.41, 5.74) is 2.38. The maximum Gasteiger partial charge on any atom is 0.338 e. The topological polar surface area (TPSA) is 65.7 Å². The van der Waals surface area contributed by atoms with Gasteiger partial charge in [0.15, 0.2) is 0 Å². The molecule has 0 saturated carbocycles. The molecule has 0 unspecified atom stereocenters. The molecule has 0 N–H and O–H groups in total. The summed E-state index contributed by atoms with van der Waals surface area (Å²) < 4.78 is 16.9. The lowest BCUT2D eigenvalue weighted by Crippen LogP contribution is -2.08. The summed E-state index contributed by atoms with van der Waals surface area (Å²) in [4.78, 5) is 23.7. The van der Waals surface area contributed by atoms with Gasteiger partial charge in [0.05, 0.1) is 0 Å². The van der Waals surface area contributed by atoms with E-state index in [1.807, 2.05) is 54.6 Å². The standard InChI is InChI=1S/C28H22O5/c1-17(2)27(29)31-20-13-11-19(12-14-20)24-15-16-26(32-24)23-9-5-8-22-21(23)7-6-10-25(22)33-28(30)18(3)4/h5-16H,1,3H2,2,4H3. The summed E-state index contributed by atoms with van der Waals surface area (Å²) in [6, 6.07) is 22.1. The highest BCUT2D eigenvalue weighted by Crippen LogP contribution is 2.36. The molecule has 1 aromatic heterocycles. The average Bonchev–Trinajstić information content (AvgIpc) is 3.29. The van der Waals surface area contributed by atoms with Crippen LogP contribution in [0.25, 0.3) is 33.4 Å². The van der Waals surface area contributed by atoms with Gasteiger partial charge in [-0.15, -0.1) is 0 Å². The molecule has 164 valence electrons. The van der Waals surface area contributed by atoms with Gasteiger partial charge in [-0.05, 0) is 61.7 Å². The maximum absolute atomic E-state index is 12.0. The van der Waals surface area contributed by atoms with Crippen molar-refractivity contribution in [3.05, 3.63) is 97.1 Å². The van der Waals surface area contributed by atoms with E-state index in [-0.39, 0.29) is 0 Å². The third-order valence-corrected chi connectivity index (χ3v) is 5.00. The number of rotatable bonds is 6. The molecule has 0 radical (unpaired) electrons. The lowest BCUT2D eigenvalue weighted by molar-refractivity contribution is -0.130. The summed E-state index contributed by atoms with van der Waals surface area (Å²) in [5, 5.41) is 1.69. The van der Waals surface area contributed by atoms with Crippen LogP contribution in [0.4, 0.5) is 0 Å². The van der Waals surface area contributed by atoms with Crippen molar-refractivity contribution in [3.8, 4) is 34.1 Å². The van der Waals surface area contributed by atoms with Crippen LogP contribution in [-0.4, -0.2) is 11.9 Å². The summed E-state index contributed by atoms with van der Waals surface area (Å²) >= 11 is 0. The van der Waals surface area contributed by atoms with Gasteiger partial charge in [-0.2, -0.15) is 0 Å². The van der Waals surface area contributed by atoms with E-state index in [1.165, 1.54) is 0 Å². The second-order valence-electron chi connectivity index (χ2n) is 7.68. The molecule has 4 rings (SSSR count). The van der Waals surface area contributed by atoms with Crippen molar-refractivity contribution in [2.75, 3.05) is 0 Å². The Bertz CT molecular complexity index is 1390. The Morgan fingerprint density at radius 3 is 2.00 bits per heavy atom. The number of carbonyl (C=O) groups is 2. The number of hydrogen-bond acceptors (Lipinski definition) is 5. The first-order valence-electron chi connectivity index (χ1n) is 10.3. The Kier molecular flexibility index (Phi) is 5.96. The van der Waals surface area contributed by atoms with Crippen LogP contribution in [-0.2, 0) is 9.59 Å². The predicted molar refractivity (Wildman–Crippen MR) is 128 cm³/mol. The molecule has 0 aliphatic heterocycles. The van der Waals surface area contributed by atoms with E-state index < -0.39 is 11.9 Å². The average molecular weight is 438 g/mol. The van der Waals surface area contributed by atoms with Crippen LogP contribution >= 0.6 is 0 Å². The summed E-state index contributed by atoms with van der Waals surface area (Å²) in [5.74, 6) is 1.32. The van der Waals surface area contributed by atoms with E-state index in [9.17, 15) is 9.59 Å². The number of ether oxygens (including phenoxy) is 2. The first-order valence-corrected chi connectivity index (χ1v) is 10.3. The number of hydrogen-bond donors (Lipinski definition) is 0. The Morgan fingerprint density at radius 2 is 1.30 bits per heavy atom. The fraction of sp³-hybridized carbons (Fsp3) is 0.0714. The van der Waals surface area contributed by atoms with E-state index in [0.29, 0.717) is 34.2 Å². The third kappa shape index (κ3) is 4.62. The predicted octanol–water partition coefficient (Wildman–Crippen LogP) is 6.73. The van der Waals surface area contributed by atoms with E-state index in [0.717, 1.165) is 21.9 Å². The molecule has 0 amide bonds. The molecule has 1 heterocycles. The van der Waals surface area contributed by atoms with E-state index >= 15 is 0 Å². The second-order valence-corrected chi connectivity index (χ2v) is 7.68. The molecule has 5 nitrogen and oxygen atoms in total. The molecule has 0 aliphatic rings. The van der Waals surface area contributed by atoms with Crippen molar-refractivity contribution < 1.29 is 23.5 Å². The number of fused-ring (bicyclic) bond motifs is 1. The largest absolute Gasteiger partial charge is 0.456 e. The van der Waals surface area contributed by atoms with Gasteiger partial charge in [-0.3, -0.25) is 0 Å².